The largest absolute Gasteiger partial charge is 0.481 e. The zero-order valence-electron chi connectivity index (χ0n) is 19.8. The van der Waals surface area contributed by atoms with Crippen LogP contribution in [-0.2, 0) is 4.79 Å². The number of carbonyl (C=O) groups is 1. The molecular formula is C27H52O2. The molecule has 2 nitrogen and oxygen atoms in total. The van der Waals surface area contributed by atoms with Gasteiger partial charge in [0, 0.05) is 6.42 Å². The molecule has 2 heteroatoms. The highest BCUT2D eigenvalue weighted by Gasteiger charge is 1.96. The Kier molecular flexibility index (Phi) is 24.6. The second-order valence-corrected chi connectivity index (χ2v) is 8.91. The maximum atomic E-state index is 10.4. The smallest absolute Gasteiger partial charge is 0.303 e. The van der Waals surface area contributed by atoms with Gasteiger partial charge in [0.15, 0.2) is 0 Å². The van der Waals surface area contributed by atoms with Crippen LogP contribution >= 0.6 is 0 Å². The van der Waals surface area contributed by atoms with Crippen molar-refractivity contribution < 1.29 is 9.90 Å². The monoisotopic (exact) mass is 408 g/mol. The molecule has 0 rings (SSSR count). The summed E-state index contributed by atoms with van der Waals surface area (Å²) in [6, 6.07) is 0. The van der Waals surface area contributed by atoms with Crippen LogP contribution in [0.4, 0.5) is 0 Å². The van der Waals surface area contributed by atoms with Crippen LogP contribution < -0.4 is 0 Å². The maximum absolute atomic E-state index is 10.4. The molecule has 0 aromatic rings. The topological polar surface area (TPSA) is 37.3 Å². The molecule has 0 unspecified atom stereocenters. The minimum Gasteiger partial charge on any atom is -0.481 e. The second-order valence-electron chi connectivity index (χ2n) is 8.91. The number of rotatable bonds is 24. The Labute approximate surface area is 182 Å². The van der Waals surface area contributed by atoms with E-state index in [4.69, 9.17) is 5.11 Å². The highest BCUT2D eigenvalue weighted by Crippen LogP contribution is 2.14. The van der Waals surface area contributed by atoms with Gasteiger partial charge >= 0.3 is 5.97 Å². The van der Waals surface area contributed by atoms with E-state index in [9.17, 15) is 4.79 Å². The summed E-state index contributed by atoms with van der Waals surface area (Å²) in [5, 5.41) is 8.58. The quantitative estimate of drug-likeness (QED) is 0.127. The zero-order chi connectivity index (χ0) is 21.3. The average Bonchev–Trinajstić information content (AvgIpc) is 2.71. The molecule has 0 aliphatic heterocycles. The van der Waals surface area contributed by atoms with E-state index >= 15 is 0 Å². The molecule has 0 aliphatic carbocycles. The van der Waals surface area contributed by atoms with Gasteiger partial charge in [-0.2, -0.15) is 0 Å². The number of aliphatic carboxylic acids is 1. The second kappa shape index (κ2) is 25.2. The Hall–Kier alpha value is -0.790. The number of allylic oxidation sites excluding steroid dienone is 2. The number of carboxylic acid groups (broad SMARTS) is 1. The highest BCUT2D eigenvalue weighted by molar-refractivity contribution is 5.66. The normalized spacial score (nSPS) is 11.5. The summed E-state index contributed by atoms with van der Waals surface area (Å²) in [4.78, 5) is 10.4. The van der Waals surface area contributed by atoms with Crippen LogP contribution in [0.3, 0.4) is 0 Å². The van der Waals surface area contributed by atoms with Gasteiger partial charge < -0.3 is 5.11 Å². The Balaban J connectivity index is 3.06. The van der Waals surface area contributed by atoms with Crippen LogP contribution in [0, 0.1) is 0 Å². The number of hydrogen-bond acceptors (Lipinski definition) is 1. The third-order valence-corrected chi connectivity index (χ3v) is 5.90. The summed E-state index contributed by atoms with van der Waals surface area (Å²) >= 11 is 0. The van der Waals surface area contributed by atoms with Crippen molar-refractivity contribution in [1.82, 2.24) is 0 Å². The van der Waals surface area contributed by atoms with E-state index in [1.54, 1.807) is 0 Å². The van der Waals surface area contributed by atoms with Crippen molar-refractivity contribution in [1.29, 1.82) is 0 Å². The van der Waals surface area contributed by atoms with Gasteiger partial charge in [-0.1, -0.05) is 128 Å². The number of unbranched alkanes of at least 4 members (excludes halogenated alkanes) is 20. The molecule has 0 radical (unpaired) electrons. The van der Waals surface area contributed by atoms with Gasteiger partial charge in [0.05, 0.1) is 0 Å². The van der Waals surface area contributed by atoms with Gasteiger partial charge in [-0.05, 0) is 32.1 Å². The molecule has 0 bridgehead atoms. The van der Waals surface area contributed by atoms with E-state index in [-0.39, 0.29) is 0 Å². The van der Waals surface area contributed by atoms with Crippen LogP contribution in [0.1, 0.15) is 155 Å². The Morgan fingerprint density at radius 3 is 1.17 bits per heavy atom. The molecule has 0 spiro atoms. The summed E-state index contributed by atoms with van der Waals surface area (Å²) in [5.74, 6) is -0.667. The molecule has 0 atom stereocenters. The third kappa shape index (κ3) is 27.2. The van der Waals surface area contributed by atoms with Crippen molar-refractivity contribution in [3.8, 4) is 0 Å². The highest BCUT2D eigenvalue weighted by atomic mass is 16.4. The lowest BCUT2D eigenvalue weighted by Crippen LogP contribution is -1.93. The predicted octanol–water partition coefficient (Wildman–Crippen LogP) is 9.62. The van der Waals surface area contributed by atoms with Crippen molar-refractivity contribution in [2.45, 2.75) is 155 Å². The first-order valence-electron chi connectivity index (χ1n) is 13.1. The van der Waals surface area contributed by atoms with Crippen molar-refractivity contribution in [3.63, 3.8) is 0 Å². The van der Waals surface area contributed by atoms with Gasteiger partial charge in [0.25, 0.3) is 0 Å². The molecule has 0 aliphatic rings. The SMILES string of the molecule is CCCCCCCCCCCCCCCCCCCC=CCCCCCC(=O)O. The molecule has 0 amide bonds. The fourth-order valence-electron chi connectivity index (χ4n) is 3.94. The molecule has 0 fully saturated rings. The zero-order valence-corrected chi connectivity index (χ0v) is 19.8. The minimum absolute atomic E-state index is 0.322. The van der Waals surface area contributed by atoms with E-state index in [2.05, 4.69) is 19.1 Å². The van der Waals surface area contributed by atoms with Crippen molar-refractivity contribution in [3.05, 3.63) is 12.2 Å². The van der Waals surface area contributed by atoms with E-state index < -0.39 is 5.97 Å². The summed E-state index contributed by atoms with van der Waals surface area (Å²) in [6.45, 7) is 2.29. The summed E-state index contributed by atoms with van der Waals surface area (Å²) < 4.78 is 0. The molecule has 29 heavy (non-hydrogen) atoms. The Morgan fingerprint density at radius 1 is 0.517 bits per heavy atom. The van der Waals surface area contributed by atoms with E-state index in [0.29, 0.717) is 6.42 Å². The van der Waals surface area contributed by atoms with Gasteiger partial charge in [-0.15, -0.1) is 0 Å². The molecule has 0 aromatic carbocycles. The standard InChI is InChI=1S/C27H52O2/c1-2-3-4-5-6-7-8-9-10-11-12-13-14-15-16-17-18-19-20-21-22-23-24-25-26-27(28)29/h20-21H,2-19,22-26H2,1H3,(H,28,29). The van der Waals surface area contributed by atoms with E-state index in [1.165, 1.54) is 116 Å². The molecule has 0 aromatic heterocycles. The third-order valence-electron chi connectivity index (χ3n) is 5.90. The van der Waals surface area contributed by atoms with Crippen LogP contribution in [0.2, 0.25) is 0 Å². The first kappa shape index (κ1) is 28.2. The minimum atomic E-state index is -0.667. The van der Waals surface area contributed by atoms with E-state index in [0.717, 1.165) is 25.7 Å². The summed E-state index contributed by atoms with van der Waals surface area (Å²) in [7, 11) is 0. The van der Waals surface area contributed by atoms with Crippen molar-refractivity contribution in [2.75, 3.05) is 0 Å². The number of hydrogen-bond donors (Lipinski definition) is 1. The molecule has 1 N–H and O–H groups in total. The lowest BCUT2D eigenvalue weighted by molar-refractivity contribution is -0.137. The average molecular weight is 409 g/mol. The van der Waals surface area contributed by atoms with Crippen molar-refractivity contribution >= 4 is 5.97 Å². The lowest BCUT2D eigenvalue weighted by atomic mass is 10.0. The lowest BCUT2D eigenvalue weighted by Gasteiger charge is -2.03. The van der Waals surface area contributed by atoms with Crippen LogP contribution in [0.15, 0.2) is 12.2 Å². The Bertz CT molecular complexity index is 348. The predicted molar refractivity (Wildman–Crippen MR) is 129 cm³/mol. The van der Waals surface area contributed by atoms with Crippen LogP contribution in [-0.4, -0.2) is 11.1 Å². The number of carboxylic acids is 1. The van der Waals surface area contributed by atoms with Crippen LogP contribution in [0.5, 0.6) is 0 Å². The van der Waals surface area contributed by atoms with Gasteiger partial charge in [0.2, 0.25) is 0 Å². The fraction of sp³-hybridized carbons (Fsp3) is 0.889. The maximum Gasteiger partial charge on any atom is 0.303 e. The first-order chi connectivity index (χ1) is 14.3. The summed E-state index contributed by atoms with van der Waals surface area (Å²) in [5.41, 5.74) is 0. The molecule has 0 saturated carbocycles. The first-order valence-corrected chi connectivity index (χ1v) is 13.1. The molecule has 0 saturated heterocycles. The van der Waals surface area contributed by atoms with Gasteiger partial charge in [-0.25, -0.2) is 0 Å². The summed E-state index contributed by atoms with van der Waals surface area (Å²) in [6.07, 6.45) is 34.6. The fourth-order valence-corrected chi connectivity index (χ4v) is 3.94. The molecular weight excluding hydrogens is 356 g/mol. The van der Waals surface area contributed by atoms with Gasteiger partial charge in [0.1, 0.15) is 0 Å². The molecule has 0 heterocycles. The van der Waals surface area contributed by atoms with Crippen molar-refractivity contribution in [2.24, 2.45) is 0 Å². The van der Waals surface area contributed by atoms with Gasteiger partial charge in [-0.3, -0.25) is 4.79 Å². The van der Waals surface area contributed by atoms with Crippen LogP contribution in [0.25, 0.3) is 0 Å². The molecule has 172 valence electrons. The Morgan fingerprint density at radius 2 is 0.828 bits per heavy atom. The van der Waals surface area contributed by atoms with E-state index in [1.807, 2.05) is 0 Å².